The molecule has 0 amide bonds. The minimum atomic E-state index is -3.30. The molecule has 0 heterocycles. The highest BCUT2D eigenvalue weighted by Crippen LogP contribution is 2.17. The molecule has 12 unspecified atom stereocenters. The minimum Gasteiger partial charge on any atom is -0.391 e. The van der Waals surface area contributed by atoms with E-state index in [9.17, 15) is 74.8 Å². The van der Waals surface area contributed by atoms with E-state index >= 15 is 0 Å². The molecule has 29 heteroatoms. The molecular formula is C86H185NO27S. The molecule has 0 aliphatic heterocycles. The van der Waals surface area contributed by atoms with Crippen LogP contribution in [0.15, 0.2) is 0 Å². The Hall–Kier alpha value is -1.09. The molecule has 13 N–H and O–H groups in total. The Morgan fingerprint density at radius 2 is 0.443 bits per heavy atom. The third-order valence-electron chi connectivity index (χ3n) is 17.3. The Labute approximate surface area is 701 Å². The molecule has 12 atom stereocenters. The van der Waals surface area contributed by atoms with Crippen LogP contribution in [0.25, 0.3) is 0 Å². The standard InChI is InChI=1S/C16H34O4.C15H32O5.C15H32O4.C14H31NO6S.C14H30O4.C12H26O4/c1-3-5-9-15(17)13-19-11-7-8-12-20-14-16(18)10-6-4-2;1-3-5-7-13(16)9-19-11-15(18)12-20-10-14(17)8-6-4-2;1-5-7-13(16)9-18-11-15(3,4)12-19-10-14(17)8-6-2;1-4-6-7-13(16)11-20-8-9-21-12-14(17)10-15(5-2)22(3,18)19;1-3-7-13(15)11-17-9-5-6-10-18-12-14(16)8-4-2;1-3-11(13)9-15-7-5-6-8-16-10-12(14)4-2/h15-18H,3-14H2,1-2H3;13-18H,3-12H2,1-2H3;13-14,16-17H,5-12H2,1-4H3;13-14,16-17H,4-12H2,1-3H3;13-16H,3-12H2,1-2H3;11-14H,3-10H2,1-2H3. The van der Waals surface area contributed by atoms with Crippen LogP contribution in [0.4, 0.5) is 0 Å². The summed E-state index contributed by atoms with van der Waals surface area (Å²) < 4.78 is 88.1. The maximum Gasteiger partial charge on any atom is 0.211 e. The number of sulfonamides is 1. The van der Waals surface area contributed by atoms with E-state index in [1.807, 2.05) is 41.5 Å². The first-order valence-corrected chi connectivity index (χ1v) is 46.5. The minimum absolute atomic E-state index is 0.0198. The predicted octanol–water partition coefficient (Wildman–Crippen LogP) is 10.4. The normalized spacial score (nSPS) is 15.1. The zero-order valence-electron chi connectivity index (χ0n) is 75.7. The fourth-order valence-corrected chi connectivity index (χ4v) is 11.0. The molecule has 0 saturated heterocycles. The third kappa shape index (κ3) is 105. The highest BCUT2D eigenvalue weighted by Gasteiger charge is 2.22. The van der Waals surface area contributed by atoms with Gasteiger partial charge in [0.2, 0.25) is 10.0 Å². The van der Waals surface area contributed by atoms with Crippen molar-refractivity contribution in [3.8, 4) is 0 Å². The first-order chi connectivity index (χ1) is 54.9. The Kier molecular flexibility index (Phi) is 103. The molecule has 0 aliphatic rings. The van der Waals surface area contributed by atoms with Crippen LogP contribution >= 0.6 is 0 Å². The first-order valence-electron chi connectivity index (χ1n) is 44.6. The molecule has 28 nitrogen and oxygen atoms in total. The molecule has 0 rings (SSSR count). The van der Waals surface area contributed by atoms with Crippen molar-refractivity contribution in [1.82, 2.24) is 4.31 Å². The molecule has 0 radical (unpaired) electrons. The summed E-state index contributed by atoms with van der Waals surface area (Å²) in [6.45, 7) is 38.9. The lowest BCUT2D eigenvalue weighted by Crippen LogP contribution is -2.38. The Morgan fingerprint density at radius 1 is 0.243 bits per heavy atom. The summed E-state index contributed by atoms with van der Waals surface area (Å²) in [5.74, 6) is 0. The van der Waals surface area contributed by atoms with E-state index in [-0.39, 0.29) is 100 Å². The SMILES string of the molecule is CCC(O)COCCCCOCC(O)CC.CCCC(O)COCC(C)(C)COCC(O)CCC.CCCC(O)COCCCCOCC(O)CCC.CCCCC(O)COCC(O)COCC(O)CCCC.CCCCC(O)COCCCCOCC(O)CCCC.CCCCC(O)COCCOCC(O)CN(CC)S(C)(=O)=O. The van der Waals surface area contributed by atoms with E-state index in [1.54, 1.807) is 6.92 Å². The van der Waals surface area contributed by atoms with E-state index in [2.05, 4.69) is 48.5 Å². The fourth-order valence-electron chi connectivity index (χ4n) is 10.1. The van der Waals surface area contributed by atoms with Crippen molar-refractivity contribution in [3.63, 3.8) is 0 Å². The van der Waals surface area contributed by atoms with Crippen LogP contribution in [0, 0.1) is 5.41 Å². The van der Waals surface area contributed by atoms with E-state index in [4.69, 9.17) is 56.8 Å². The van der Waals surface area contributed by atoms with E-state index in [1.165, 1.54) is 4.31 Å². The average molecular weight is 1700 g/mol. The van der Waals surface area contributed by atoms with Gasteiger partial charge in [-0.15, -0.1) is 0 Å². The van der Waals surface area contributed by atoms with Gasteiger partial charge in [0.1, 0.15) is 6.10 Å². The molecule has 0 spiro atoms. The molecule has 0 aromatic heterocycles. The van der Waals surface area contributed by atoms with Gasteiger partial charge < -0.3 is 123 Å². The van der Waals surface area contributed by atoms with Crippen molar-refractivity contribution in [2.24, 2.45) is 5.41 Å². The summed E-state index contributed by atoms with van der Waals surface area (Å²) in [5, 5.41) is 124. The van der Waals surface area contributed by atoms with Crippen molar-refractivity contribution in [2.75, 3.05) is 178 Å². The third-order valence-corrected chi connectivity index (χ3v) is 18.6. The van der Waals surface area contributed by atoms with Crippen molar-refractivity contribution >= 4 is 10.0 Å². The molecule has 0 aromatic carbocycles. The maximum absolute atomic E-state index is 11.4. The van der Waals surface area contributed by atoms with Crippen LogP contribution in [0.1, 0.15) is 296 Å². The number of ether oxygens (including phenoxy) is 12. The number of likely N-dealkylation sites (N-methyl/N-ethyl adjacent to an activating group) is 1. The average Bonchev–Trinajstić information content (AvgIpc) is 0.787. The number of aliphatic hydroxyl groups is 13. The van der Waals surface area contributed by atoms with Gasteiger partial charge in [0.05, 0.1) is 198 Å². The second-order valence-corrected chi connectivity index (χ2v) is 32.9. The predicted molar refractivity (Wildman–Crippen MR) is 459 cm³/mol. The van der Waals surface area contributed by atoms with E-state index in [0.717, 1.165) is 205 Å². The van der Waals surface area contributed by atoms with Gasteiger partial charge in [-0.3, -0.25) is 0 Å². The number of unbranched alkanes of at least 4 members (excludes halogenated alkanes) is 8. The van der Waals surface area contributed by atoms with Crippen molar-refractivity contribution in [3.05, 3.63) is 0 Å². The lowest BCUT2D eigenvalue weighted by molar-refractivity contribution is -0.0540. The monoisotopic (exact) mass is 1700 g/mol. The number of rotatable bonds is 79. The van der Waals surface area contributed by atoms with Crippen molar-refractivity contribution in [2.45, 2.75) is 375 Å². The lowest BCUT2D eigenvalue weighted by atomic mass is 9.96. The summed E-state index contributed by atoms with van der Waals surface area (Å²) in [6, 6.07) is 0. The summed E-state index contributed by atoms with van der Waals surface area (Å²) in [7, 11) is -3.30. The number of aliphatic hydroxyl groups excluding tert-OH is 13. The van der Waals surface area contributed by atoms with Gasteiger partial charge >= 0.3 is 0 Å². The van der Waals surface area contributed by atoms with Crippen molar-refractivity contribution < 1.29 is 132 Å². The van der Waals surface area contributed by atoms with E-state index in [0.29, 0.717) is 125 Å². The van der Waals surface area contributed by atoms with Crippen LogP contribution < -0.4 is 0 Å². The first kappa shape index (κ1) is 125. The highest BCUT2D eigenvalue weighted by molar-refractivity contribution is 7.88. The summed E-state index contributed by atoms with van der Waals surface area (Å²) in [4.78, 5) is 0. The quantitative estimate of drug-likeness (QED) is 0.0252. The van der Waals surface area contributed by atoms with Gasteiger partial charge in [0.25, 0.3) is 0 Å². The second-order valence-electron chi connectivity index (χ2n) is 30.9. The Balaban J connectivity index is -0.000000311. The molecular weight excluding hydrogens is 1510 g/mol. The van der Waals surface area contributed by atoms with E-state index < -0.39 is 40.5 Å². The van der Waals surface area contributed by atoms with Gasteiger partial charge in [-0.05, 0) is 109 Å². The number of hydrogen-bond acceptors (Lipinski definition) is 27. The molecule has 702 valence electrons. The van der Waals surface area contributed by atoms with Crippen LogP contribution in [0.5, 0.6) is 0 Å². The zero-order chi connectivity index (χ0) is 87.9. The van der Waals surface area contributed by atoms with Gasteiger partial charge in [0, 0.05) is 58.1 Å². The molecule has 0 aromatic rings. The van der Waals surface area contributed by atoms with Crippen LogP contribution in [-0.2, 0) is 66.9 Å². The Bertz CT molecular complexity index is 1840. The van der Waals surface area contributed by atoms with Gasteiger partial charge in [-0.25, -0.2) is 8.42 Å². The lowest BCUT2D eigenvalue weighted by Gasteiger charge is -2.25. The number of hydrogen-bond donors (Lipinski definition) is 13. The van der Waals surface area contributed by atoms with Crippen LogP contribution in [-0.4, -0.2) is 336 Å². The topological polar surface area (TPSA) is 411 Å². The zero-order valence-corrected chi connectivity index (χ0v) is 76.5. The summed E-state index contributed by atoms with van der Waals surface area (Å²) in [5.41, 5.74) is -0.0993. The molecule has 0 bridgehead atoms. The summed E-state index contributed by atoms with van der Waals surface area (Å²) in [6.07, 6.45) is 23.8. The van der Waals surface area contributed by atoms with Gasteiger partial charge in [-0.2, -0.15) is 4.31 Å². The second kappa shape index (κ2) is 95.1. The van der Waals surface area contributed by atoms with Crippen molar-refractivity contribution in [1.29, 1.82) is 0 Å². The Morgan fingerprint density at radius 3 is 0.661 bits per heavy atom. The molecule has 0 fully saturated rings. The van der Waals surface area contributed by atoms with Gasteiger partial charge in [-0.1, -0.05) is 187 Å². The largest absolute Gasteiger partial charge is 0.391 e. The summed E-state index contributed by atoms with van der Waals surface area (Å²) >= 11 is 0. The van der Waals surface area contributed by atoms with Crippen LogP contribution in [0.3, 0.4) is 0 Å². The smallest absolute Gasteiger partial charge is 0.211 e. The maximum atomic E-state index is 11.4. The van der Waals surface area contributed by atoms with Gasteiger partial charge in [0.15, 0.2) is 0 Å². The molecule has 0 aliphatic carbocycles. The molecule has 0 saturated carbocycles. The fraction of sp³-hybridized carbons (Fsp3) is 1.00. The van der Waals surface area contributed by atoms with Crippen LogP contribution in [0.2, 0.25) is 0 Å². The highest BCUT2D eigenvalue weighted by atomic mass is 32.2. The molecule has 115 heavy (non-hydrogen) atoms. The number of nitrogens with zero attached hydrogens (tertiary/aromatic N) is 1.